The van der Waals surface area contributed by atoms with E-state index >= 15 is 0 Å². The third kappa shape index (κ3) is 5.53. The Hall–Kier alpha value is -0.710. The fraction of sp³-hybridized carbons (Fsp3) is 0.562. The first-order valence-corrected chi connectivity index (χ1v) is 7.93. The van der Waals surface area contributed by atoms with E-state index in [1.54, 1.807) is 17.0 Å². The normalized spacial score (nSPS) is 21.4. The lowest BCUT2D eigenvalue weighted by Gasteiger charge is -2.30. The largest absolute Gasteiger partial charge is 1.00 e. The Labute approximate surface area is 138 Å². The van der Waals surface area contributed by atoms with E-state index in [-0.39, 0.29) is 18.4 Å². The van der Waals surface area contributed by atoms with Crippen LogP contribution >= 0.6 is 12.6 Å². The molecule has 0 bridgehead atoms. The second-order valence-corrected chi connectivity index (χ2v) is 6.04. The number of quaternary nitrogens is 1. The first-order chi connectivity index (χ1) is 9.68. The summed E-state index contributed by atoms with van der Waals surface area (Å²) in [5, 5.41) is 0. The number of carbonyl (C=O) groups is 1. The number of thiol groups is 1. The van der Waals surface area contributed by atoms with Crippen molar-refractivity contribution in [2.45, 2.75) is 43.5 Å². The first kappa shape index (κ1) is 18.3. The molecule has 3 nitrogen and oxygen atoms in total. The third-order valence-electron chi connectivity index (χ3n) is 4.08. The third-order valence-corrected chi connectivity index (χ3v) is 4.47. The minimum absolute atomic E-state index is 0. The smallest absolute Gasteiger partial charge is 0.339 e. The molecule has 2 atom stereocenters. The minimum atomic E-state index is -0.266. The zero-order valence-corrected chi connectivity index (χ0v) is 14.1. The Morgan fingerprint density at radius 3 is 2.86 bits per heavy atom. The van der Waals surface area contributed by atoms with Gasteiger partial charge in [-0.15, -0.1) is 12.6 Å². The molecule has 2 rings (SSSR count). The van der Waals surface area contributed by atoms with Gasteiger partial charge < -0.3 is 22.0 Å². The van der Waals surface area contributed by atoms with Gasteiger partial charge in [0, 0.05) is 11.3 Å². The fourth-order valence-corrected chi connectivity index (χ4v) is 3.06. The van der Waals surface area contributed by atoms with Crippen molar-refractivity contribution in [2.75, 3.05) is 19.7 Å². The molecule has 0 radical (unpaired) electrons. The van der Waals surface area contributed by atoms with Gasteiger partial charge in [0.05, 0.1) is 31.3 Å². The lowest BCUT2D eigenvalue weighted by atomic mass is 10.0. The Bertz CT molecular complexity index is 456. The molecule has 1 saturated heterocycles. The van der Waals surface area contributed by atoms with Crippen molar-refractivity contribution >= 4 is 18.6 Å². The Morgan fingerprint density at radius 2 is 2.14 bits per heavy atom. The number of esters is 1. The number of benzene rings is 1. The van der Waals surface area contributed by atoms with Crippen molar-refractivity contribution < 1.29 is 26.8 Å². The van der Waals surface area contributed by atoms with Crippen LogP contribution < -0.4 is 17.3 Å². The van der Waals surface area contributed by atoms with Crippen molar-refractivity contribution in [1.82, 2.24) is 0 Å². The predicted molar refractivity (Wildman–Crippen MR) is 82.6 cm³/mol. The van der Waals surface area contributed by atoms with E-state index in [1.807, 2.05) is 12.1 Å². The summed E-state index contributed by atoms with van der Waals surface area (Å²) >= 11 is 4.27. The first-order valence-electron chi connectivity index (χ1n) is 7.48. The molecule has 1 aromatic rings. The van der Waals surface area contributed by atoms with Crippen LogP contribution in [-0.4, -0.2) is 31.7 Å². The van der Waals surface area contributed by atoms with Crippen LogP contribution in [0.15, 0.2) is 29.2 Å². The number of hydrogen-bond acceptors (Lipinski definition) is 3. The second-order valence-electron chi connectivity index (χ2n) is 5.56. The highest BCUT2D eigenvalue weighted by atomic mass is 35.5. The van der Waals surface area contributed by atoms with E-state index in [1.165, 1.54) is 25.8 Å². The monoisotopic (exact) mass is 329 g/mol. The van der Waals surface area contributed by atoms with E-state index in [0.717, 1.165) is 19.0 Å². The number of likely N-dealkylation sites (tertiary alicyclic amines) is 1. The number of hydrogen-bond donors (Lipinski definition) is 2. The molecule has 0 aromatic heterocycles. The van der Waals surface area contributed by atoms with Crippen LogP contribution in [0.2, 0.25) is 0 Å². The fourth-order valence-electron chi connectivity index (χ4n) is 2.81. The topological polar surface area (TPSA) is 30.7 Å². The number of piperidine rings is 1. The Kier molecular flexibility index (Phi) is 8.15. The molecule has 0 saturated carbocycles. The van der Waals surface area contributed by atoms with Crippen LogP contribution in [0, 0.1) is 0 Å². The highest BCUT2D eigenvalue weighted by Gasteiger charge is 2.21. The lowest BCUT2D eigenvalue weighted by Crippen LogP contribution is -3.16. The van der Waals surface area contributed by atoms with Crippen LogP contribution in [0.4, 0.5) is 0 Å². The van der Waals surface area contributed by atoms with Gasteiger partial charge in [-0.05, 0) is 38.3 Å². The van der Waals surface area contributed by atoms with Gasteiger partial charge in [-0.1, -0.05) is 12.1 Å². The summed E-state index contributed by atoms with van der Waals surface area (Å²) in [7, 11) is 0. The molecule has 1 aromatic carbocycles. The zero-order valence-electron chi connectivity index (χ0n) is 12.5. The molecule has 0 spiro atoms. The van der Waals surface area contributed by atoms with Gasteiger partial charge in [-0.2, -0.15) is 0 Å². The highest BCUT2D eigenvalue weighted by molar-refractivity contribution is 7.80. The summed E-state index contributed by atoms with van der Waals surface area (Å²) in [5.74, 6) is -0.266. The number of carbonyl (C=O) groups excluding carboxylic acids is 1. The van der Waals surface area contributed by atoms with Gasteiger partial charge >= 0.3 is 5.97 Å². The van der Waals surface area contributed by atoms with Crippen LogP contribution in [0.25, 0.3) is 0 Å². The molecule has 1 aliphatic rings. The highest BCUT2D eigenvalue weighted by Crippen LogP contribution is 2.13. The van der Waals surface area contributed by atoms with Crippen LogP contribution in [0.1, 0.15) is 43.0 Å². The molecule has 0 amide bonds. The summed E-state index contributed by atoms with van der Waals surface area (Å²) in [5.41, 5.74) is 0.550. The summed E-state index contributed by atoms with van der Waals surface area (Å²) in [4.78, 5) is 14.2. The van der Waals surface area contributed by atoms with Gasteiger partial charge in [0.15, 0.2) is 0 Å². The van der Waals surface area contributed by atoms with Crippen molar-refractivity contribution in [2.24, 2.45) is 0 Å². The van der Waals surface area contributed by atoms with Crippen LogP contribution in [-0.2, 0) is 4.74 Å². The molecule has 118 valence electrons. The van der Waals surface area contributed by atoms with Gasteiger partial charge in [0.25, 0.3) is 0 Å². The average Bonchev–Trinajstić information content (AvgIpc) is 2.45. The van der Waals surface area contributed by atoms with Gasteiger partial charge in [0.2, 0.25) is 0 Å². The zero-order chi connectivity index (χ0) is 14.4. The number of ether oxygens (including phenoxy) is 1. The van der Waals surface area contributed by atoms with Crippen molar-refractivity contribution in [3.8, 4) is 0 Å². The van der Waals surface area contributed by atoms with Crippen LogP contribution in [0.5, 0.6) is 0 Å². The molecular formula is C16H24ClNO2S. The van der Waals surface area contributed by atoms with E-state index < -0.39 is 0 Å². The number of halogens is 1. The van der Waals surface area contributed by atoms with E-state index in [0.29, 0.717) is 17.1 Å². The number of rotatable bonds is 5. The Balaban J connectivity index is 0.00000220. The molecular weight excluding hydrogens is 306 g/mol. The quantitative estimate of drug-likeness (QED) is 0.412. The molecule has 1 aliphatic heterocycles. The molecule has 1 N–H and O–H groups in total. The van der Waals surface area contributed by atoms with E-state index in [2.05, 4.69) is 19.6 Å². The maximum absolute atomic E-state index is 11.9. The predicted octanol–water partition coefficient (Wildman–Crippen LogP) is -1.02. The van der Waals surface area contributed by atoms with Crippen molar-refractivity contribution in [3.63, 3.8) is 0 Å². The van der Waals surface area contributed by atoms with Crippen molar-refractivity contribution in [3.05, 3.63) is 29.8 Å². The van der Waals surface area contributed by atoms with Crippen LogP contribution in [0.3, 0.4) is 0 Å². The maximum Gasteiger partial charge on any atom is 0.339 e. The molecule has 1 heterocycles. The molecule has 0 aliphatic carbocycles. The molecule has 5 heteroatoms. The second kappa shape index (κ2) is 9.34. The van der Waals surface area contributed by atoms with Gasteiger partial charge in [-0.25, -0.2) is 4.79 Å². The Morgan fingerprint density at radius 1 is 1.38 bits per heavy atom. The van der Waals surface area contributed by atoms with Gasteiger partial charge in [0.1, 0.15) is 0 Å². The minimum Gasteiger partial charge on any atom is -1.00 e. The van der Waals surface area contributed by atoms with E-state index in [9.17, 15) is 4.79 Å². The van der Waals surface area contributed by atoms with E-state index in [4.69, 9.17) is 4.74 Å². The lowest BCUT2D eigenvalue weighted by molar-refractivity contribution is -0.928. The van der Waals surface area contributed by atoms with Gasteiger partial charge in [-0.3, -0.25) is 0 Å². The molecule has 1 fully saturated rings. The SMILES string of the molecule is CC1CCCC[NH+]1CCCOC(=O)c1ccccc1S.[Cl-]. The summed E-state index contributed by atoms with van der Waals surface area (Å²) in [6.07, 6.45) is 4.94. The summed E-state index contributed by atoms with van der Waals surface area (Å²) < 4.78 is 5.33. The molecule has 21 heavy (non-hydrogen) atoms. The number of nitrogens with one attached hydrogen (secondary N) is 1. The maximum atomic E-state index is 11.9. The molecule has 2 unspecified atom stereocenters. The standard InChI is InChI=1S/C16H23NO2S.ClH/c1-13-7-4-5-10-17(13)11-6-12-19-16(18)14-8-2-3-9-15(14)20;/h2-3,8-9,13,20H,4-7,10-12H2,1H3;1H. The summed E-state index contributed by atoms with van der Waals surface area (Å²) in [6.45, 7) is 5.17. The summed E-state index contributed by atoms with van der Waals surface area (Å²) in [6, 6.07) is 8.00. The average molecular weight is 330 g/mol. The van der Waals surface area contributed by atoms with Crippen molar-refractivity contribution in [1.29, 1.82) is 0 Å².